The van der Waals surface area contributed by atoms with Gasteiger partial charge in [0.2, 0.25) is 5.91 Å². The zero-order chi connectivity index (χ0) is 29.9. The molecule has 5 aliphatic rings. The van der Waals surface area contributed by atoms with E-state index >= 15 is 0 Å². The molecule has 1 unspecified atom stereocenters. The van der Waals surface area contributed by atoms with Crippen LogP contribution in [-0.4, -0.2) is 42.6 Å². The molecule has 2 amide bonds. The second-order valence-electron chi connectivity index (χ2n) is 16.0. The maximum Gasteiger partial charge on any atom is 0.407 e. The van der Waals surface area contributed by atoms with E-state index in [2.05, 4.69) is 46.0 Å². The van der Waals surface area contributed by atoms with Gasteiger partial charge >= 0.3 is 6.09 Å². The van der Waals surface area contributed by atoms with E-state index in [0.717, 1.165) is 87.1 Å². The normalized spacial score (nSPS) is 37.3. The number of fused-ring (bicyclic) bond motifs is 5. The van der Waals surface area contributed by atoms with E-state index in [1.54, 1.807) is 5.57 Å². The van der Waals surface area contributed by atoms with Crippen LogP contribution in [0.25, 0.3) is 0 Å². The summed E-state index contributed by atoms with van der Waals surface area (Å²) in [6, 6.07) is 0. The Kier molecular flexibility index (Phi) is 10.4. The molecule has 5 rings (SSSR count). The Bertz CT molecular complexity index is 976. The molecule has 4 aliphatic carbocycles. The molecule has 0 aromatic rings. The smallest absolute Gasteiger partial charge is 0.407 e. The first-order valence-electron chi connectivity index (χ1n) is 18.0. The van der Waals surface area contributed by atoms with E-state index in [1.807, 2.05) is 4.90 Å². The summed E-state index contributed by atoms with van der Waals surface area (Å²) in [7, 11) is 0. The van der Waals surface area contributed by atoms with Crippen LogP contribution in [0.3, 0.4) is 0 Å². The van der Waals surface area contributed by atoms with Crippen molar-refractivity contribution in [3.63, 3.8) is 0 Å². The van der Waals surface area contributed by atoms with Crippen LogP contribution >= 0.6 is 0 Å². The van der Waals surface area contributed by atoms with Gasteiger partial charge in [-0.05, 0) is 123 Å². The summed E-state index contributed by atoms with van der Waals surface area (Å²) in [6.07, 6.45) is 21.1. The molecule has 1 heterocycles. The summed E-state index contributed by atoms with van der Waals surface area (Å²) in [5.74, 6) is 5.43. The van der Waals surface area contributed by atoms with E-state index in [1.165, 1.54) is 57.8 Å². The van der Waals surface area contributed by atoms with Crippen LogP contribution in [0.1, 0.15) is 137 Å². The lowest BCUT2D eigenvalue weighted by Gasteiger charge is -2.59. The van der Waals surface area contributed by atoms with Gasteiger partial charge in [0.25, 0.3) is 0 Å². The molecule has 0 spiro atoms. The third-order valence-electron chi connectivity index (χ3n) is 13.1. The lowest BCUT2D eigenvalue weighted by Crippen LogP contribution is -2.51. The monoisotopic (exact) mass is 582 g/mol. The van der Waals surface area contributed by atoms with Crippen molar-refractivity contribution in [1.29, 1.82) is 0 Å². The number of nitrogens with zero attached hydrogens (tertiary/aromatic N) is 1. The molecular weight excluding hydrogens is 520 g/mol. The van der Waals surface area contributed by atoms with Crippen molar-refractivity contribution in [1.82, 2.24) is 10.2 Å². The van der Waals surface area contributed by atoms with Crippen molar-refractivity contribution in [3.05, 3.63) is 11.6 Å². The third-order valence-corrected chi connectivity index (χ3v) is 13.1. The lowest BCUT2D eigenvalue weighted by atomic mass is 9.46. The predicted octanol–water partition coefficient (Wildman–Crippen LogP) is 8.92. The van der Waals surface area contributed by atoms with Gasteiger partial charge in [0.15, 0.2) is 0 Å². The highest BCUT2D eigenvalue weighted by atomic mass is 16.6. The second kappa shape index (κ2) is 13.6. The number of hydrogen-bond acceptors (Lipinski definition) is 3. The molecule has 0 aromatic carbocycles. The maximum atomic E-state index is 12.7. The Morgan fingerprint density at radius 1 is 0.976 bits per heavy atom. The van der Waals surface area contributed by atoms with E-state index < -0.39 is 0 Å². The van der Waals surface area contributed by atoms with E-state index in [-0.39, 0.29) is 23.5 Å². The summed E-state index contributed by atoms with van der Waals surface area (Å²) < 4.78 is 5.92. The number of carbonyl (C=O) groups is 2. The molecule has 238 valence electrons. The van der Waals surface area contributed by atoms with Crippen molar-refractivity contribution >= 4 is 12.0 Å². The Morgan fingerprint density at radius 3 is 2.62 bits per heavy atom. The van der Waals surface area contributed by atoms with Crippen LogP contribution in [0.2, 0.25) is 0 Å². The van der Waals surface area contributed by atoms with E-state index in [4.69, 9.17) is 4.74 Å². The van der Waals surface area contributed by atoms with Crippen LogP contribution in [0, 0.1) is 46.3 Å². The van der Waals surface area contributed by atoms with Crippen molar-refractivity contribution in [2.45, 2.75) is 143 Å². The fourth-order valence-electron chi connectivity index (χ4n) is 10.7. The number of rotatable bonds is 10. The number of alkyl carbamates (subject to hydrolysis) is 1. The highest BCUT2D eigenvalue weighted by Crippen LogP contribution is 2.67. The average Bonchev–Trinajstić information content (AvgIpc) is 3.17. The number of allylic oxidation sites excluding steroid dienone is 1. The first-order valence-corrected chi connectivity index (χ1v) is 18.0. The minimum Gasteiger partial charge on any atom is -0.442 e. The highest BCUT2D eigenvalue weighted by Gasteiger charge is 2.59. The Balaban J connectivity index is 1.12. The predicted molar refractivity (Wildman–Crippen MR) is 171 cm³/mol. The van der Waals surface area contributed by atoms with E-state index in [0.29, 0.717) is 18.4 Å². The van der Waals surface area contributed by atoms with Gasteiger partial charge in [-0.2, -0.15) is 0 Å². The number of carbonyl (C=O) groups excluding carboxylic acids is 2. The number of nitrogens with one attached hydrogen (secondary N) is 1. The van der Waals surface area contributed by atoms with Crippen LogP contribution in [0.15, 0.2) is 11.6 Å². The zero-order valence-electron chi connectivity index (χ0n) is 27.7. The molecule has 1 aliphatic heterocycles. The molecule has 5 nitrogen and oxygen atoms in total. The van der Waals surface area contributed by atoms with Gasteiger partial charge in [0.05, 0.1) is 0 Å². The van der Waals surface area contributed by atoms with Gasteiger partial charge in [0, 0.05) is 26.1 Å². The average molecular weight is 583 g/mol. The van der Waals surface area contributed by atoms with Crippen molar-refractivity contribution in [3.8, 4) is 0 Å². The Morgan fingerprint density at radius 2 is 1.81 bits per heavy atom. The molecule has 0 radical (unpaired) electrons. The topological polar surface area (TPSA) is 58.6 Å². The molecule has 1 saturated heterocycles. The lowest BCUT2D eigenvalue weighted by molar-refractivity contribution is -0.130. The Labute approximate surface area is 257 Å². The first kappa shape index (κ1) is 31.9. The number of likely N-dealkylation sites (tertiary alicyclic amines) is 1. The Hall–Kier alpha value is -1.52. The molecule has 8 atom stereocenters. The van der Waals surface area contributed by atoms with Crippen molar-refractivity contribution in [2.75, 3.05) is 19.6 Å². The summed E-state index contributed by atoms with van der Waals surface area (Å²) in [6.45, 7) is 14.7. The van der Waals surface area contributed by atoms with E-state index in [9.17, 15) is 9.59 Å². The summed E-state index contributed by atoms with van der Waals surface area (Å²) in [5, 5.41) is 2.96. The molecule has 0 bridgehead atoms. The van der Waals surface area contributed by atoms with Crippen LogP contribution in [-0.2, 0) is 9.53 Å². The molecule has 1 N–H and O–H groups in total. The summed E-state index contributed by atoms with van der Waals surface area (Å²) in [4.78, 5) is 26.8. The molecule has 3 saturated carbocycles. The number of amides is 2. The summed E-state index contributed by atoms with van der Waals surface area (Å²) >= 11 is 0. The van der Waals surface area contributed by atoms with Crippen LogP contribution < -0.4 is 5.32 Å². The quantitative estimate of drug-likeness (QED) is 0.207. The molecular formula is C37H62N2O3. The fraction of sp³-hybridized carbons (Fsp3) is 0.892. The second-order valence-corrected chi connectivity index (χ2v) is 16.0. The van der Waals surface area contributed by atoms with Crippen molar-refractivity contribution in [2.24, 2.45) is 46.3 Å². The highest BCUT2D eigenvalue weighted by molar-refractivity contribution is 5.76. The number of ether oxygens (including phenoxy) is 1. The first-order chi connectivity index (χ1) is 20.1. The number of hydrogen-bond donors (Lipinski definition) is 1. The van der Waals surface area contributed by atoms with Gasteiger partial charge in [-0.1, -0.05) is 65.9 Å². The molecule has 0 aromatic heterocycles. The molecule has 4 fully saturated rings. The fourth-order valence-corrected chi connectivity index (χ4v) is 10.7. The summed E-state index contributed by atoms with van der Waals surface area (Å²) in [5.41, 5.74) is 2.39. The molecule has 42 heavy (non-hydrogen) atoms. The minimum atomic E-state index is -0.302. The van der Waals surface area contributed by atoms with Gasteiger partial charge in [-0.3, -0.25) is 4.79 Å². The van der Waals surface area contributed by atoms with Gasteiger partial charge in [-0.15, -0.1) is 0 Å². The van der Waals surface area contributed by atoms with Gasteiger partial charge in [0.1, 0.15) is 6.10 Å². The third kappa shape index (κ3) is 6.75. The van der Waals surface area contributed by atoms with Crippen LogP contribution in [0.4, 0.5) is 4.79 Å². The van der Waals surface area contributed by atoms with Crippen LogP contribution in [0.5, 0.6) is 0 Å². The zero-order valence-corrected chi connectivity index (χ0v) is 27.7. The van der Waals surface area contributed by atoms with Gasteiger partial charge in [-0.25, -0.2) is 4.79 Å². The largest absolute Gasteiger partial charge is 0.442 e. The van der Waals surface area contributed by atoms with Gasteiger partial charge < -0.3 is 15.0 Å². The SMILES string of the molecule is CC(C)CCC[C@@H](C)[C@H]1CC[C@H]2[C@@H]3CCC4=CC(OC(=O)NCCCN5CCCCCC5=O)CC[C@]4(C)[C@H]3CC[C@]12C. The standard InChI is InChI=1S/C37H62N2O3/c1-26(2)11-9-12-27(3)31-16-17-32-30-15-14-28-25-29(18-20-36(28,4)33(30)19-21-37(31,32)5)42-35(41)38-22-10-24-39-23-8-6-7-13-34(39)40/h25-27,29-33H,6-24H2,1-5H3,(H,38,41)/t27-,29?,30+,31-,32+,33+,36+,37-/m1/s1. The minimum absolute atomic E-state index is 0.104. The molecule has 5 heteroatoms. The van der Waals surface area contributed by atoms with Crippen molar-refractivity contribution < 1.29 is 14.3 Å². The maximum absolute atomic E-state index is 12.7.